The number of carbonyl (C=O) groups is 3. The van der Waals surface area contributed by atoms with E-state index in [1.165, 1.54) is 48.7 Å². The van der Waals surface area contributed by atoms with Crippen molar-refractivity contribution in [3.8, 4) is 0 Å². The van der Waals surface area contributed by atoms with Crippen molar-refractivity contribution in [2.45, 2.75) is 0 Å². The number of halogens is 1. The highest BCUT2D eigenvalue weighted by Crippen LogP contribution is 2.28. The molecule has 1 aliphatic heterocycles. The number of amides is 3. The molecule has 0 bridgehead atoms. The predicted molar refractivity (Wildman–Crippen MR) is 96.2 cm³/mol. The lowest BCUT2D eigenvalue weighted by Crippen LogP contribution is -2.29. The minimum absolute atomic E-state index is 0.0759. The maximum Gasteiger partial charge on any atom is 0.284 e. The number of nitrogens with one attached hydrogen (secondary N) is 1. The maximum atomic E-state index is 13.7. The van der Waals surface area contributed by atoms with Crippen LogP contribution in [0.2, 0.25) is 0 Å². The highest BCUT2D eigenvalue weighted by molar-refractivity contribution is 6.33. The van der Waals surface area contributed by atoms with Crippen molar-refractivity contribution in [3.05, 3.63) is 89.5 Å². The topological polar surface area (TPSA) is 79.4 Å². The monoisotopic (exact) mass is 361 g/mol. The molecule has 0 saturated heterocycles. The number of hydrogen-bond donors (Lipinski definition) is 1. The molecule has 0 aliphatic carbocycles. The summed E-state index contributed by atoms with van der Waals surface area (Å²) in [5, 5.41) is 2.58. The molecule has 1 aromatic heterocycles. The number of nitrogens with zero attached hydrogens (tertiary/aromatic N) is 2. The number of benzene rings is 2. The van der Waals surface area contributed by atoms with E-state index in [0.717, 1.165) is 4.90 Å². The molecule has 4 rings (SSSR count). The summed E-state index contributed by atoms with van der Waals surface area (Å²) >= 11 is 0. The first-order valence-corrected chi connectivity index (χ1v) is 8.06. The van der Waals surface area contributed by atoms with Gasteiger partial charge in [-0.3, -0.25) is 19.4 Å². The van der Waals surface area contributed by atoms with Crippen LogP contribution in [-0.4, -0.2) is 22.7 Å². The quantitative estimate of drug-likeness (QED) is 0.726. The molecule has 2 aromatic carbocycles. The Morgan fingerprint density at radius 3 is 2.37 bits per heavy atom. The Bertz CT molecular complexity index is 1040. The normalized spacial score (nSPS) is 12.9. The summed E-state index contributed by atoms with van der Waals surface area (Å²) < 4.78 is 13.7. The van der Waals surface area contributed by atoms with E-state index in [-0.39, 0.29) is 16.8 Å². The zero-order chi connectivity index (χ0) is 19.0. The number of aromatic nitrogens is 1. The number of fused-ring (bicyclic) bond motifs is 1. The zero-order valence-corrected chi connectivity index (χ0v) is 13.8. The van der Waals surface area contributed by atoms with Crippen LogP contribution in [0.3, 0.4) is 0 Å². The molecule has 0 fully saturated rings. The van der Waals surface area contributed by atoms with Crippen LogP contribution in [0.1, 0.15) is 31.2 Å². The van der Waals surface area contributed by atoms with Crippen LogP contribution >= 0.6 is 0 Å². The van der Waals surface area contributed by atoms with E-state index in [2.05, 4.69) is 10.3 Å². The molecule has 1 N–H and O–H groups in total. The van der Waals surface area contributed by atoms with Gasteiger partial charge in [-0.05, 0) is 48.5 Å². The fourth-order valence-electron chi connectivity index (χ4n) is 2.84. The van der Waals surface area contributed by atoms with Crippen molar-refractivity contribution < 1.29 is 18.8 Å². The molecule has 3 aromatic rings. The Morgan fingerprint density at radius 2 is 1.67 bits per heavy atom. The lowest BCUT2D eigenvalue weighted by molar-refractivity contribution is 0.0923. The number of carbonyl (C=O) groups excluding carboxylic acids is 3. The van der Waals surface area contributed by atoms with Crippen LogP contribution in [-0.2, 0) is 0 Å². The molecule has 6 nitrogen and oxygen atoms in total. The summed E-state index contributed by atoms with van der Waals surface area (Å²) in [5.41, 5.74) is 1.04. The van der Waals surface area contributed by atoms with Crippen molar-refractivity contribution in [3.63, 3.8) is 0 Å². The average Bonchev–Trinajstić information content (AvgIpc) is 2.94. The second kappa shape index (κ2) is 6.45. The SMILES string of the molecule is O=C(Nc1ccc(N2C(=O)c3cccnc3C2=O)cc1)c1ccccc1F. The number of hydrogen-bond acceptors (Lipinski definition) is 4. The molecule has 0 radical (unpaired) electrons. The van der Waals surface area contributed by atoms with Crippen molar-refractivity contribution >= 4 is 29.1 Å². The van der Waals surface area contributed by atoms with Gasteiger partial charge in [-0.15, -0.1) is 0 Å². The second-order valence-electron chi connectivity index (χ2n) is 5.83. The number of rotatable bonds is 3. The Labute approximate surface area is 153 Å². The molecular weight excluding hydrogens is 349 g/mol. The van der Waals surface area contributed by atoms with Crippen LogP contribution in [0.25, 0.3) is 0 Å². The van der Waals surface area contributed by atoms with E-state index in [0.29, 0.717) is 11.4 Å². The molecule has 132 valence electrons. The fraction of sp³-hybridized carbons (Fsp3) is 0. The molecule has 0 unspecified atom stereocenters. The third-order valence-electron chi connectivity index (χ3n) is 4.15. The largest absolute Gasteiger partial charge is 0.322 e. The molecule has 27 heavy (non-hydrogen) atoms. The highest BCUT2D eigenvalue weighted by atomic mass is 19.1. The van der Waals surface area contributed by atoms with Gasteiger partial charge in [-0.25, -0.2) is 9.29 Å². The van der Waals surface area contributed by atoms with E-state index in [1.54, 1.807) is 18.2 Å². The molecule has 3 amide bonds. The molecule has 0 atom stereocenters. The van der Waals surface area contributed by atoms with E-state index < -0.39 is 23.5 Å². The van der Waals surface area contributed by atoms with Gasteiger partial charge < -0.3 is 5.32 Å². The van der Waals surface area contributed by atoms with Crippen molar-refractivity contribution in [2.24, 2.45) is 0 Å². The summed E-state index contributed by atoms with van der Waals surface area (Å²) in [6, 6.07) is 14.9. The van der Waals surface area contributed by atoms with Crippen molar-refractivity contribution in [1.82, 2.24) is 4.98 Å². The van der Waals surface area contributed by atoms with E-state index in [1.807, 2.05) is 0 Å². The standard InChI is InChI=1S/C20H12FN3O3/c21-16-6-2-1-4-14(16)18(25)23-12-7-9-13(10-8-12)24-19(26)15-5-3-11-22-17(15)20(24)27/h1-11H,(H,23,25). The Kier molecular flexibility index (Phi) is 3.97. The van der Waals surface area contributed by atoms with Gasteiger partial charge in [0.2, 0.25) is 0 Å². The molecule has 1 aliphatic rings. The van der Waals surface area contributed by atoms with Gasteiger partial charge in [0.25, 0.3) is 17.7 Å². The van der Waals surface area contributed by atoms with Gasteiger partial charge in [-0.1, -0.05) is 12.1 Å². The second-order valence-corrected chi connectivity index (χ2v) is 5.83. The minimum atomic E-state index is -0.620. The first-order chi connectivity index (χ1) is 13.1. The third-order valence-corrected chi connectivity index (χ3v) is 4.15. The van der Waals surface area contributed by atoms with Gasteiger partial charge in [0.15, 0.2) is 0 Å². The smallest absolute Gasteiger partial charge is 0.284 e. The van der Waals surface area contributed by atoms with Gasteiger partial charge in [0.05, 0.1) is 16.8 Å². The summed E-state index contributed by atoms with van der Waals surface area (Å²) in [7, 11) is 0. The van der Waals surface area contributed by atoms with Crippen molar-refractivity contribution in [2.75, 3.05) is 10.2 Å². The third kappa shape index (κ3) is 2.85. The maximum absolute atomic E-state index is 13.7. The number of anilines is 2. The number of pyridine rings is 1. The minimum Gasteiger partial charge on any atom is -0.322 e. The van der Waals surface area contributed by atoms with E-state index in [9.17, 15) is 18.8 Å². The van der Waals surface area contributed by atoms with Crippen LogP contribution < -0.4 is 10.2 Å². The summed E-state index contributed by atoms with van der Waals surface area (Å²) in [4.78, 5) is 42.0. The molecule has 2 heterocycles. The lowest BCUT2D eigenvalue weighted by atomic mass is 10.2. The van der Waals surface area contributed by atoms with Crippen molar-refractivity contribution in [1.29, 1.82) is 0 Å². The Balaban J connectivity index is 1.55. The van der Waals surface area contributed by atoms with Crippen LogP contribution in [0.5, 0.6) is 0 Å². The number of imide groups is 1. The molecule has 7 heteroatoms. The Hall–Kier alpha value is -3.87. The Morgan fingerprint density at radius 1 is 0.926 bits per heavy atom. The van der Waals surface area contributed by atoms with Gasteiger partial charge in [0.1, 0.15) is 11.5 Å². The van der Waals surface area contributed by atoms with Gasteiger partial charge in [-0.2, -0.15) is 0 Å². The lowest BCUT2D eigenvalue weighted by Gasteiger charge is -2.14. The first kappa shape index (κ1) is 16.6. The average molecular weight is 361 g/mol. The summed E-state index contributed by atoms with van der Waals surface area (Å²) in [6.07, 6.45) is 1.45. The molecule has 0 spiro atoms. The molecular formula is C20H12FN3O3. The fourth-order valence-corrected chi connectivity index (χ4v) is 2.84. The predicted octanol–water partition coefficient (Wildman–Crippen LogP) is 3.27. The summed E-state index contributed by atoms with van der Waals surface area (Å²) in [6.45, 7) is 0. The van der Waals surface area contributed by atoms with E-state index >= 15 is 0 Å². The first-order valence-electron chi connectivity index (χ1n) is 8.06. The zero-order valence-electron chi connectivity index (χ0n) is 13.8. The van der Waals surface area contributed by atoms with Crippen LogP contribution in [0.4, 0.5) is 15.8 Å². The highest BCUT2D eigenvalue weighted by Gasteiger charge is 2.37. The molecule has 0 saturated carbocycles. The summed E-state index contributed by atoms with van der Waals surface area (Å²) in [5.74, 6) is -2.17. The van der Waals surface area contributed by atoms with Crippen LogP contribution in [0, 0.1) is 5.82 Å². The van der Waals surface area contributed by atoms with Crippen LogP contribution in [0.15, 0.2) is 66.9 Å². The van der Waals surface area contributed by atoms with E-state index in [4.69, 9.17) is 0 Å². The van der Waals surface area contributed by atoms with Gasteiger partial charge >= 0.3 is 0 Å². The van der Waals surface area contributed by atoms with Gasteiger partial charge in [0, 0.05) is 11.9 Å².